The number of rotatable bonds is 10. The number of aliphatic hydroxyl groups excluding tert-OH is 1. The van der Waals surface area contributed by atoms with E-state index in [0.29, 0.717) is 6.54 Å². The van der Waals surface area contributed by atoms with Gasteiger partial charge in [0.15, 0.2) is 11.6 Å². The summed E-state index contributed by atoms with van der Waals surface area (Å²) in [6.45, 7) is 3.98. The second kappa shape index (κ2) is 11.4. The van der Waals surface area contributed by atoms with E-state index in [1.165, 1.54) is 6.07 Å². The van der Waals surface area contributed by atoms with Gasteiger partial charge in [-0.1, -0.05) is 44.2 Å². The maximum atomic E-state index is 13.2. The Balaban J connectivity index is 1.93. The van der Waals surface area contributed by atoms with E-state index in [9.17, 15) is 23.5 Å². The smallest absolute Gasteiger partial charge is 0.243 e. The van der Waals surface area contributed by atoms with Crippen molar-refractivity contribution in [3.63, 3.8) is 0 Å². The first-order valence-electron chi connectivity index (χ1n) is 9.70. The topological polar surface area (TPSA) is 81.7 Å². The molecule has 0 aliphatic heterocycles. The zero-order chi connectivity index (χ0) is 22.1. The molecule has 30 heavy (non-hydrogen) atoms. The summed E-state index contributed by atoms with van der Waals surface area (Å²) in [5.41, 5.74) is 1.10. The number of aliphatic hydroxyl groups is 1. The molecule has 3 N–H and O–H groups in total. The van der Waals surface area contributed by atoms with Gasteiger partial charge in [-0.2, -0.15) is 0 Å². The van der Waals surface area contributed by atoms with Crippen LogP contribution in [0.4, 0.5) is 14.5 Å². The van der Waals surface area contributed by atoms with Gasteiger partial charge in [-0.25, -0.2) is 8.78 Å². The van der Waals surface area contributed by atoms with Crippen molar-refractivity contribution in [3.05, 3.63) is 65.7 Å². The molecule has 0 aromatic heterocycles. The molecule has 0 saturated heterocycles. The van der Waals surface area contributed by atoms with E-state index < -0.39 is 17.5 Å². The molecular formula is C22H27F2N3O3. The van der Waals surface area contributed by atoms with Crippen molar-refractivity contribution >= 4 is 17.5 Å². The average Bonchev–Trinajstić information content (AvgIpc) is 2.70. The molecule has 0 aliphatic carbocycles. The number of anilines is 1. The highest BCUT2D eigenvalue weighted by atomic mass is 19.2. The molecule has 2 aromatic carbocycles. The van der Waals surface area contributed by atoms with Gasteiger partial charge >= 0.3 is 0 Å². The van der Waals surface area contributed by atoms with Crippen LogP contribution in [0.1, 0.15) is 19.4 Å². The lowest BCUT2D eigenvalue weighted by molar-refractivity contribution is -0.126. The van der Waals surface area contributed by atoms with E-state index in [2.05, 4.69) is 10.6 Å². The summed E-state index contributed by atoms with van der Waals surface area (Å²) < 4.78 is 26.2. The maximum absolute atomic E-state index is 13.2. The molecule has 0 radical (unpaired) electrons. The second-order valence-corrected chi connectivity index (χ2v) is 7.34. The first kappa shape index (κ1) is 23.4. The lowest BCUT2D eigenvalue weighted by Crippen LogP contribution is -2.47. The van der Waals surface area contributed by atoms with Crippen molar-refractivity contribution in [3.8, 4) is 0 Å². The van der Waals surface area contributed by atoms with Crippen LogP contribution in [0.25, 0.3) is 0 Å². The Morgan fingerprint density at radius 2 is 1.73 bits per heavy atom. The van der Waals surface area contributed by atoms with E-state index in [1.807, 2.05) is 49.1 Å². The summed E-state index contributed by atoms with van der Waals surface area (Å²) in [5, 5.41) is 14.7. The van der Waals surface area contributed by atoms with Crippen molar-refractivity contribution in [1.82, 2.24) is 10.2 Å². The summed E-state index contributed by atoms with van der Waals surface area (Å²) in [5.74, 6) is -2.92. The molecule has 2 rings (SSSR count). The van der Waals surface area contributed by atoms with Gasteiger partial charge in [0, 0.05) is 24.3 Å². The number of hydrogen-bond donors (Lipinski definition) is 3. The van der Waals surface area contributed by atoms with Crippen LogP contribution < -0.4 is 10.6 Å². The van der Waals surface area contributed by atoms with Crippen molar-refractivity contribution in [2.24, 2.45) is 5.92 Å². The normalized spacial score (nSPS) is 12.1. The number of amides is 2. The quantitative estimate of drug-likeness (QED) is 0.553. The molecule has 0 bridgehead atoms. The zero-order valence-electron chi connectivity index (χ0n) is 17.1. The lowest BCUT2D eigenvalue weighted by Gasteiger charge is -2.32. The summed E-state index contributed by atoms with van der Waals surface area (Å²) in [6, 6.07) is 12.4. The van der Waals surface area contributed by atoms with Gasteiger partial charge in [0.25, 0.3) is 0 Å². The third-order valence-electron chi connectivity index (χ3n) is 4.65. The summed E-state index contributed by atoms with van der Waals surface area (Å²) in [6.07, 6.45) is 0. The second-order valence-electron chi connectivity index (χ2n) is 7.34. The molecule has 2 amide bonds. The molecule has 1 unspecified atom stereocenters. The number of benzene rings is 2. The van der Waals surface area contributed by atoms with E-state index in [-0.39, 0.29) is 43.3 Å². The first-order chi connectivity index (χ1) is 14.3. The van der Waals surface area contributed by atoms with Crippen molar-refractivity contribution in [1.29, 1.82) is 0 Å². The molecule has 6 nitrogen and oxygen atoms in total. The highest BCUT2D eigenvalue weighted by Crippen LogP contribution is 2.15. The molecule has 0 saturated carbocycles. The first-order valence-corrected chi connectivity index (χ1v) is 9.70. The van der Waals surface area contributed by atoms with E-state index in [0.717, 1.165) is 17.7 Å². The maximum Gasteiger partial charge on any atom is 0.243 e. The summed E-state index contributed by atoms with van der Waals surface area (Å²) in [4.78, 5) is 26.3. The van der Waals surface area contributed by atoms with E-state index in [1.54, 1.807) is 0 Å². The number of nitrogens with one attached hydrogen (secondary N) is 2. The fourth-order valence-corrected chi connectivity index (χ4v) is 3.05. The van der Waals surface area contributed by atoms with Gasteiger partial charge in [-0.3, -0.25) is 14.5 Å². The van der Waals surface area contributed by atoms with Gasteiger partial charge in [-0.05, 0) is 23.6 Å². The van der Waals surface area contributed by atoms with Crippen LogP contribution in [0.2, 0.25) is 0 Å². The molecule has 0 spiro atoms. The molecule has 162 valence electrons. The van der Waals surface area contributed by atoms with Crippen LogP contribution in [0.15, 0.2) is 48.5 Å². The summed E-state index contributed by atoms with van der Waals surface area (Å²) >= 11 is 0. The highest BCUT2D eigenvalue weighted by molar-refractivity contribution is 5.94. The molecule has 0 fully saturated rings. The third kappa shape index (κ3) is 7.20. The molecule has 2 aromatic rings. The Morgan fingerprint density at radius 3 is 2.33 bits per heavy atom. The largest absolute Gasteiger partial charge is 0.395 e. The predicted octanol–water partition coefficient (Wildman–Crippen LogP) is 2.54. The SMILES string of the molecule is CC(C)C(CO)N(CC(=O)NCC(=O)Nc1ccc(F)c(F)c1)Cc1ccccc1. The van der Waals surface area contributed by atoms with Crippen molar-refractivity contribution in [2.75, 3.05) is 25.0 Å². The van der Waals surface area contributed by atoms with Gasteiger partial charge in [0.05, 0.1) is 19.7 Å². The third-order valence-corrected chi connectivity index (χ3v) is 4.65. The molecule has 0 heterocycles. The number of carbonyl (C=O) groups is 2. The highest BCUT2D eigenvalue weighted by Gasteiger charge is 2.23. The van der Waals surface area contributed by atoms with Crippen molar-refractivity contribution in [2.45, 2.75) is 26.4 Å². The molecule has 0 aliphatic rings. The minimum Gasteiger partial charge on any atom is -0.395 e. The van der Waals surface area contributed by atoms with E-state index >= 15 is 0 Å². The van der Waals surface area contributed by atoms with Crippen LogP contribution in [0.3, 0.4) is 0 Å². The Bertz CT molecular complexity index is 847. The Hall–Kier alpha value is -2.84. The van der Waals surface area contributed by atoms with Gasteiger partial charge < -0.3 is 15.7 Å². The summed E-state index contributed by atoms with van der Waals surface area (Å²) in [7, 11) is 0. The minimum absolute atomic E-state index is 0.00322. The van der Waals surface area contributed by atoms with Crippen LogP contribution in [-0.4, -0.2) is 47.6 Å². The van der Waals surface area contributed by atoms with Gasteiger partial charge in [-0.15, -0.1) is 0 Å². The van der Waals surface area contributed by atoms with Gasteiger partial charge in [0.1, 0.15) is 0 Å². The average molecular weight is 419 g/mol. The van der Waals surface area contributed by atoms with Gasteiger partial charge in [0.2, 0.25) is 11.8 Å². The van der Waals surface area contributed by atoms with Crippen LogP contribution >= 0.6 is 0 Å². The number of carbonyl (C=O) groups excluding carboxylic acids is 2. The monoisotopic (exact) mass is 419 g/mol. The minimum atomic E-state index is -1.07. The fraction of sp³-hybridized carbons (Fsp3) is 0.364. The lowest BCUT2D eigenvalue weighted by atomic mass is 10.0. The molecule has 1 atom stereocenters. The van der Waals surface area contributed by atoms with Crippen LogP contribution in [0, 0.1) is 17.6 Å². The van der Waals surface area contributed by atoms with E-state index in [4.69, 9.17) is 0 Å². The fourth-order valence-electron chi connectivity index (χ4n) is 3.05. The van der Waals surface area contributed by atoms with Crippen LogP contribution in [0.5, 0.6) is 0 Å². The Morgan fingerprint density at radius 1 is 1.03 bits per heavy atom. The molecule has 8 heteroatoms. The predicted molar refractivity (Wildman–Crippen MR) is 111 cm³/mol. The standard InChI is InChI=1S/C22H27F2N3O3/c1-15(2)20(14-28)27(12-16-6-4-3-5-7-16)13-22(30)25-11-21(29)26-17-8-9-18(23)19(24)10-17/h3-10,15,20,28H,11-14H2,1-2H3,(H,25,30)(H,26,29). The zero-order valence-corrected chi connectivity index (χ0v) is 17.1. The van der Waals surface area contributed by atoms with Crippen molar-refractivity contribution < 1.29 is 23.5 Å². The number of halogens is 2. The molecular weight excluding hydrogens is 392 g/mol. The number of hydrogen-bond acceptors (Lipinski definition) is 4. The number of nitrogens with zero attached hydrogens (tertiary/aromatic N) is 1. The van der Waals surface area contributed by atoms with Crippen LogP contribution in [-0.2, 0) is 16.1 Å². The Kier molecular flexibility index (Phi) is 8.89. The Labute approximate surface area is 174 Å².